The minimum absolute atomic E-state index is 0.0311. The van der Waals surface area contributed by atoms with Gasteiger partial charge in [0.2, 0.25) is 41.4 Å². The number of unbranched alkanes of at least 4 members (excludes halogenated alkanes) is 6. The van der Waals surface area contributed by atoms with Crippen molar-refractivity contribution in [3.8, 4) is 5.75 Å². The molecule has 0 radical (unpaired) electrons. The number of benzene rings is 1. The van der Waals surface area contributed by atoms with Crippen molar-refractivity contribution >= 4 is 47.3 Å². The second-order valence-electron chi connectivity index (χ2n) is 16.3. The molecule has 342 valence electrons. The number of aliphatic hydroxyl groups excluding tert-OH is 1. The number of hydrogen-bond acceptors (Lipinski definition) is 11. The number of phenolic OH excluding ortho intramolecular Hbond substituents is 1. The molecular formula is C43H69N7O11. The van der Waals surface area contributed by atoms with Crippen molar-refractivity contribution in [3.63, 3.8) is 0 Å². The second-order valence-corrected chi connectivity index (χ2v) is 16.3. The lowest BCUT2D eigenvalue weighted by Gasteiger charge is -2.28. The van der Waals surface area contributed by atoms with Crippen molar-refractivity contribution in [1.82, 2.24) is 31.9 Å². The molecule has 8 atom stereocenters. The summed E-state index contributed by atoms with van der Waals surface area (Å²) in [7, 11) is 0. The Labute approximate surface area is 359 Å². The summed E-state index contributed by atoms with van der Waals surface area (Å²) >= 11 is 0. The summed E-state index contributed by atoms with van der Waals surface area (Å²) in [5, 5.41) is 35.5. The molecule has 1 saturated heterocycles. The lowest BCUT2D eigenvalue weighted by atomic mass is 10.00. The average Bonchev–Trinajstić information content (AvgIpc) is 3.19. The van der Waals surface area contributed by atoms with Crippen LogP contribution in [0.15, 0.2) is 24.3 Å². The highest BCUT2D eigenvalue weighted by Crippen LogP contribution is 2.19. The Balaban J connectivity index is 2.53. The Kier molecular flexibility index (Phi) is 22.8. The number of aliphatic hydroxyl groups is 1. The molecule has 7 amide bonds. The molecule has 0 bridgehead atoms. The number of primary amides is 1. The number of carbonyl (C=O) groups excluding carboxylic acids is 8. The number of amides is 7. The smallest absolute Gasteiger partial charge is 0.329 e. The summed E-state index contributed by atoms with van der Waals surface area (Å²) in [5.41, 5.74) is 5.91. The van der Waals surface area contributed by atoms with Gasteiger partial charge in [0.1, 0.15) is 48.1 Å². The third kappa shape index (κ3) is 19.3. The largest absolute Gasteiger partial charge is 0.508 e. The lowest BCUT2D eigenvalue weighted by Crippen LogP contribution is -2.60. The van der Waals surface area contributed by atoms with E-state index >= 15 is 0 Å². The summed E-state index contributed by atoms with van der Waals surface area (Å²) in [6, 6.07) is -1.96. The summed E-state index contributed by atoms with van der Waals surface area (Å²) < 4.78 is 6.04. The van der Waals surface area contributed by atoms with Gasteiger partial charge in [-0.2, -0.15) is 0 Å². The standard InChI is InChI=1S/C43H69N7O11/c1-7-8-9-10-11-12-13-15-31-16-14-17-35(54)49-37(28(6)51)42(59)46-26(4)38(55)45-27(5)39(56)47-32(22-23-34(44)53)40(57)48-33(24-29-18-20-30(52)21-19-29)41(58)50-36(25(2)3)43(60)61-31/h18-21,25-28,31-33,36-37,51-52H,7-17,22-24H2,1-6H3,(H2,44,53)(H,45,55)(H,46,59)(H,47,56)(H,48,57)(H,49,54)(H,50,58)/t26-,27-,28+,31?,32-,33-,36-,37+/m0/s1. The fourth-order valence-corrected chi connectivity index (χ4v) is 6.70. The number of rotatable bonds is 15. The summed E-state index contributed by atoms with van der Waals surface area (Å²) in [5.74, 6) is -6.68. The van der Waals surface area contributed by atoms with Crippen molar-refractivity contribution < 1.29 is 53.3 Å². The van der Waals surface area contributed by atoms with Crippen LogP contribution in [0.3, 0.4) is 0 Å². The first-order valence-corrected chi connectivity index (χ1v) is 21.6. The molecule has 18 heteroatoms. The number of ether oxygens (including phenoxy) is 1. The molecule has 1 fully saturated rings. The molecule has 1 aliphatic heterocycles. The van der Waals surface area contributed by atoms with Gasteiger partial charge in [0, 0.05) is 19.3 Å². The molecule has 18 nitrogen and oxygen atoms in total. The third-order valence-corrected chi connectivity index (χ3v) is 10.5. The van der Waals surface area contributed by atoms with Crippen LogP contribution in [-0.2, 0) is 49.5 Å². The molecular weight excluding hydrogens is 791 g/mol. The Morgan fingerprint density at radius 1 is 0.721 bits per heavy atom. The molecule has 0 saturated carbocycles. The first kappa shape index (κ1) is 51.9. The van der Waals surface area contributed by atoms with Crippen LogP contribution in [0.1, 0.15) is 131 Å². The van der Waals surface area contributed by atoms with Crippen LogP contribution in [0.2, 0.25) is 0 Å². The van der Waals surface area contributed by atoms with Gasteiger partial charge in [-0.05, 0) is 76.5 Å². The topological polar surface area (TPSA) is 284 Å². The zero-order chi connectivity index (χ0) is 45.6. The Morgan fingerprint density at radius 3 is 1.87 bits per heavy atom. The second kappa shape index (κ2) is 26.8. The fraction of sp³-hybridized carbons (Fsp3) is 0.674. The molecule has 1 aromatic rings. The van der Waals surface area contributed by atoms with Crippen LogP contribution in [0.5, 0.6) is 5.75 Å². The SMILES string of the molecule is CCCCCCCCCC1CCCC(=O)N[C@H]([C@@H](C)O)C(=O)N[C@@H](C)C(=O)N[C@@H](C)C(=O)N[C@@H](CCC(N)=O)C(=O)N[C@@H](Cc2ccc(O)cc2)C(=O)N[C@@H](C(C)C)C(=O)O1. The van der Waals surface area contributed by atoms with Crippen molar-refractivity contribution in [1.29, 1.82) is 0 Å². The fourth-order valence-electron chi connectivity index (χ4n) is 6.70. The monoisotopic (exact) mass is 860 g/mol. The molecule has 1 heterocycles. The predicted octanol–water partition coefficient (Wildman–Crippen LogP) is 1.42. The molecule has 0 aliphatic carbocycles. The van der Waals surface area contributed by atoms with E-state index in [2.05, 4.69) is 38.8 Å². The van der Waals surface area contributed by atoms with Crippen molar-refractivity contribution in [2.75, 3.05) is 0 Å². The highest BCUT2D eigenvalue weighted by Gasteiger charge is 2.34. The lowest BCUT2D eigenvalue weighted by molar-refractivity contribution is -0.155. The number of aromatic hydroxyl groups is 1. The molecule has 1 aliphatic rings. The van der Waals surface area contributed by atoms with E-state index in [1.807, 2.05) is 0 Å². The van der Waals surface area contributed by atoms with E-state index in [1.165, 1.54) is 32.9 Å². The van der Waals surface area contributed by atoms with Gasteiger partial charge in [-0.1, -0.05) is 71.4 Å². The quantitative estimate of drug-likeness (QED) is 0.0898. The number of esters is 1. The first-order valence-electron chi connectivity index (χ1n) is 21.6. The number of nitrogens with two attached hydrogens (primary N) is 1. The Morgan fingerprint density at radius 2 is 1.28 bits per heavy atom. The highest BCUT2D eigenvalue weighted by atomic mass is 16.5. The van der Waals surface area contributed by atoms with E-state index in [1.54, 1.807) is 26.0 Å². The predicted molar refractivity (Wildman–Crippen MR) is 226 cm³/mol. The van der Waals surface area contributed by atoms with Gasteiger partial charge in [-0.3, -0.25) is 33.6 Å². The molecule has 1 aromatic carbocycles. The molecule has 0 spiro atoms. The normalized spacial score (nSPS) is 25.1. The summed E-state index contributed by atoms with van der Waals surface area (Å²) in [6.45, 7) is 9.54. The van der Waals surface area contributed by atoms with Gasteiger partial charge in [0.05, 0.1) is 6.10 Å². The van der Waals surface area contributed by atoms with Gasteiger partial charge in [0.25, 0.3) is 0 Å². The van der Waals surface area contributed by atoms with Crippen LogP contribution in [-0.4, -0.2) is 106 Å². The van der Waals surface area contributed by atoms with Crippen molar-refractivity contribution in [2.24, 2.45) is 11.7 Å². The number of hydrogen-bond donors (Lipinski definition) is 9. The van der Waals surface area contributed by atoms with E-state index < -0.39 is 102 Å². The van der Waals surface area contributed by atoms with Gasteiger partial charge >= 0.3 is 5.97 Å². The third-order valence-electron chi connectivity index (χ3n) is 10.5. The molecule has 2 rings (SSSR count). The van der Waals surface area contributed by atoms with Gasteiger partial charge in [-0.15, -0.1) is 0 Å². The van der Waals surface area contributed by atoms with E-state index in [-0.39, 0.29) is 44.3 Å². The Hall–Kier alpha value is -5.26. The minimum atomic E-state index is -1.43. The summed E-state index contributed by atoms with van der Waals surface area (Å²) in [4.78, 5) is 106. The first-order chi connectivity index (χ1) is 28.8. The minimum Gasteiger partial charge on any atom is -0.508 e. The van der Waals surface area contributed by atoms with Gasteiger partial charge < -0.3 is 52.6 Å². The molecule has 1 unspecified atom stereocenters. The number of phenols is 1. The van der Waals surface area contributed by atoms with Crippen molar-refractivity contribution in [2.45, 2.75) is 180 Å². The maximum absolute atomic E-state index is 14.1. The zero-order valence-electron chi connectivity index (χ0n) is 36.6. The van der Waals surface area contributed by atoms with E-state index in [0.29, 0.717) is 12.0 Å². The molecule has 10 N–H and O–H groups in total. The van der Waals surface area contributed by atoms with E-state index in [4.69, 9.17) is 10.5 Å². The van der Waals surface area contributed by atoms with E-state index in [0.717, 1.165) is 44.9 Å². The number of carbonyl (C=O) groups is 8. The number of cyclic esters (lactones) is 1. The Bertz CT molecular complexity index is 1620. The van der Waals surface area contributed by atoms with Crippen LogP contribution in [0.4, 0.5) is 0 Å². The summed E-state index contributed by atoms with van der Waals surface area (Å²) in [6.07, 6.45) is 5.42. The van der Waals surface area contributed by atoms with Crippen LogP contribution < -0.4 is 37.6 Å². The zero-order valence-corrected chi connectivity index (χ0v) is 36.6. The van der Waals surface area contributed by atoms with Crippen molar-refractivity contribution in [3.05, 3.63) is 29.8 Å². The van der Waals surface area contributed by atoms with Gasteiger partial charge in [0.15, 0.2) is 0 Å². The van der Waals surface area contributed by atoms with Gasteiger partial charge in [-0.25, -0.2) is 4.79 Å². The average molecular weight is 860 g/mol. The van der Waals surface area contributed by atoms with Crippen LogP contribution in [0.25, 0.3) is 0 Å². The molecule has 61 heavy (non-hydrogen) atoms. The maximum Gasteiger partial charge on any atom is 0.329 e. The number of nitrogens with one attached hydrogen (secondary N) is 6. The molecule has 0 aromatic heterocycles. The van der Waals surface area contributed by atoms with Crippen LogP contribution >= 0.6 is 0 Å². The maximum atomic E-state index is 14.1. The highest BCUT2D eigenvalue weighted by molar-refractivity contribution is 5.97. The van der Waals surface area contributed by atoms with Crippen LogP contribution in [0, 0.1) is 5.92 Å². The van der Waals surface area contributed by atoms with E-state index in [9.17, 15) is 48.6 Å².